The number of thioether (sulfide) groups is 1. The van der Waals surface area contributed by atoms with Crippen molar-refractivity contribution >= 4 is 44.9 Å². The molecule has 2 heterocycles. The summed E-state index contributed by atoms with van der Waals surface area (Å²) in [5.41, 5.74) is 0. The van der Waals surface area contributed by atoms with Gasteiger partial charge in [-0.15, -0.1) is 11.3 Å². The van der Waals surface area contributed by atoms with E-state index in [0.29, 0.717) is 5.25 Å². The average molecular weight is 306 g/mol. The number of carbonyl (C=O) groups excluding carboxylic acids is 1. The van der Waals surface area contributed by atoms with E-state index >= 15 is 0 Å². The first-order valence-corrected chi connectivity index (χ1v) is 7.62. The van der Waals surface area contributed by atoms with Crippen LogP contribution in [0.4, 0.5) is 0 Å². The van der Waals surface area contributed by atoms with Gasteiger partial charge in [0, 0.05) is 16.3 Å². The topological polar surface area (TPSA) is 29.1 Å². The standard InChI is InChI=1S/C10H12BrNOS2/c11-8-3-5-15-9(8)10(13)12-6-7-2-1-4-14-7/h3,5,7H,1-2,4,6H2,(H,12,13)/t7-/m1/s1. The summed E-state index contributed by atoms with van der Waals surface area (Å²) in [4.78, 5) is 12.5. The van der Waals surface area contributed by atoms with Crippen LogP contribution in [0.5, 0.6) is 0 Å². The summed E-state index contributed by atoms with van der Waals surface area (Å²) in [6.45, 7) is 0.799. The zero-order chi connectivity index (χ0) is 10.7. The fraction of sp³-hybridized carbons (Fsp3) is 0.500. The van der Waals surface area contributed by atoms with Crippen molar-refractivity contribution in [2.24, 2.45) is 0 Å². The Bertz CT molecular complexity index is 347. The molecular weight excluding hydrogens is 294 g/mol. The predicted octanol–water partition coefficient (Wildman–Crippen LogP) is 3.14. The van der Waals surface area contributed by atoms with Crippen LogP contribution in [-0.4, -0.2) is 23.5 Å². The highest BCUT2D eigenvalue weighted by Crippen LogP contribution is 2.26. The Morgan fingerprint density at radius 3 is 3.13 bits per heavy atom. The molecule has 15 heavy (non-hydrogen) atoms. The van der Waals surface area contributed by atoms with Gasteiger partial charge in [0.2, 0.25) is 0 Å². The molecule has 82 valence electrons. The lowest BCUT2D eigenvalue weighted by Gasteiger charge is -2.09. The quantitative estimate of drug-likeness (QED) is 0.929. The molecule has 0 bridgehead atoms. The van der Waals surface area contributed by atoms with Crippen LogP contribution in [0.15, 0.2) is 15.9 Å². The third kappa shape index (κ3) is 2.98. The van der Waals surface area contributed by atoms with Crippen LogP contribution in [-0.2, 0) is 0 Å². The number of amides is 1. The first-order chi connectivity index (χ1) is 7.27. The van der Waals surface area contributed by atoms with E-state index in [1.165, 1.54) is 29.9 Å². The van der Waals surface area contributed by atoms with Gasteiger partial charge in [-0.3, -0.25) is 4.79 Å². The van der Waals surface area contributed by atoms with Crippen molar-refractivity contribution in [2.45, 2.75) is 18.1 Å². The molecule has 0 saturated carbocycles. The van der Waals surface area contributed by atoms with E-state index in [9.17, 15) is 4.79 Å². The molecule has 1 amide bonds. The fourth-order valence-corrected chi connectivity index (χ4v) is 4.22. The molecule has 0 spiro atoms. The second-order valence-electron chi connectivity index (χ2n) is 3.44. The highest BCUT2D eigenvalue weighted by atomic mass is 79.9. The summed E-state index contributed by atoms with van der Waals surface area (Å²) in [6.07, 6.45) is 2.52. The van der Waals surface area contributed by atoms with Crippen molar-refractivity contribution in [3.63, 3.8) is 0 Å². The minimum atomic E-state index is 0.0457. The first kappa shape index (κ1) is 11.5. The first-order valence-electron chi connectivity index (χ1n) is 4.90. The second kappa shape index (κ2) is 5.37. The molecule has 1 atom stereocenters. The summed E-state index contributed by atoms with van der Waals surface area (Å²) in [6, 6.07) is 1.91. The fourth-order valence-electron chi connectivity index (χ4n) is 1.55. The second-order valence-corrected chi connectivity index (χ2v) is 6.62. The molecule has 1 aromatic heterocycles. The molecule has 0 aliphatic carbocycles. The van der Waals surface area contributed by atoms with Gasteiger partial charge in [0.25, 0.3) is 5.91 Å². The van der Waals surface area contributed by atoms with Crippen LogP contribution < -0.4 is 5.32 Å². The van der Waals surface area contributed by atoms with E-state index in [1.54, 1.807) is 0 Å². The van der Waals surface area contributed by atoms with Crippen molar-refractivity contribution in [3.8, 4) is 0 Å². The average Bonchev–Trinajstić information content (AvgIpc) is 2.84. The van der Waals surface area contributed by atoms with Crippen LogP contribution in [0.1, 0.15) is 22.5 Å². The van der Waals surface area contributed by atoms with Gasteiger partial charge < -0.3 is 5.32 Å². The third-order valence-corrected chi connectivity index (χ3v) is 5.57. The number of halogens is 1. The highest BCUT2D eigenvalue weighted by molar-refractivity contribution is 9.10. The smallest absolute Gasteiger partial charge is 0.262 e. The number of hydrogen-bond acceptors (Lipinski definition) is 3. The van der Waals surface area contributed by atoms with Crippen LogP contribution >= 0.6 is 39.0 Å². The molecule has 2 rings (SSSR count). The maximum absolute atomic E-state index is 11.7. The Hall–Kier alpha value is -0.000000000000000111. The van der Waals surface area contributed by atoms with Gasteiger partial charge in [-0.05, 0) is 46.0 Å². The molecule has 1 aliphatic rings. The molecule has 0 unspecified atom stereocenters. The monoisotopic (exact) mass is 305 g/mol. The number of hydrogen-bond donors (Lipinski definition) is 1. The van der Waals surface area contributed by atoms with Crippen LogP contribution in [0.2, 0.25) is 0 Å². The molecule has 1 aromatic rings. The largest absolute Gasteiger partial charge is 0.350 e. The van der Waals surface area contributed by atoms with E-state index in [0.717, 1.165) is 15.9 Å². The number of nitrogens with one attached hydrogen (secondary N) is 1. The maximum atomic E-state index is 11.7. The van der Waals surface area contributed by atoms with Gasteiger partial charge in [0.15, 0.2) is 0 Å². The van der Waals surface area contributed by atoms with Crippen molar-refractivity contribution in [1.29, 1.82) is 0 Å². The van der Waals surface area contributed by atoms with E-state index < -0.39 is 0 Å². The highest BCUT2D eigenvalue weighted by Gasteiger charge is 2.17. The van der Waals surface area contributed by atoms with Crippen molar-refractivity contribution in [1.82, 2.24) is 5.32 Å². The summed E-state index contributed by atoms with van der Waals surface area (Å²) >= 11 is 6.80. The third-order valence-electron chi connectivity index (χ3n) is 2.34. The Labute approximate surface area is 106 Å². The van der Waals surface area contributed by atoms with Crippen molar-refractivity contribution < 1.29 is 4.79 Å². The summed E-state index contributed by atoms with van der Waals surface area (Å²) < 4.78 is 0.893. The Morgan fingerprint density at radius 1 is 1.67 bits per heavy atom. The van der Waals surface area contributed by atoms with Crippen molar-refractivity contribution in [3.05, 3.63) is 20.8 Å². The van der Waals surface area contributed by atoms with Gasteiger partial charge >= 0.3 is 0 Å². The van der Waals surface area contributed by atoms with E-state index in [2.05, 4.69) is 21.2 Å². The number of rotatable bonds is 3. The zero-order valence-corrected chi connectivity index (χ0v) is 11.4. The van der Waals surface area contributed by atoms with Gasteiger partial charge in [-0.1, -0.05) is 0 Å². The van der Waals surface area contributed by atoms with E-state index in [4.69, 9.17) is 0 Å². The number of carbonyl (C=O) groups is 1. The van der Waals surface area contributed by atoms with Crippen molar-refractivity contribution in [2.75, 3.05) is 12.3 Å². The van der Waals surface area contributed by atoms with Gasteiger partial charge in [0.05, 0.1) is 0 Å². The SMILES string of the molecule is O=C(NC[C@H]1CCCS1)c1sccc1Br. The molecule has 0 radical (unpaired) electrons. The minimum absolute atomic E-state index is 0.0457. The molecule has 1 saturated heterocycles. The van der Waals surface area contributed by atoms with Crippen LogP contribution in [0, 0.1) is 0 Å². The maximum Gasteiger partial charge on any atom is 0.262 e. The summed E-state index contributed by atoms with van der Waals surface area (Å²) in [5, 5.41) is 5.53. The minimum Gasteiger partial charge on any atom is -0.350 e. The summed E-state index contributed by atoms with van der Waals surface area (Å²) in [5.74, 6) is 1.29. The molecule has 5 heteroatoms. The van der Waals surface area contributed by atoms with Crippen LogP contribution in [0.25, 0.3) is 0 Å². The van der Waals surface area contributed by atoms with Crippen LogP contribution in [0.3, 0.4) is 0 Å². The molecule has 1 N–H and O–H groups in total. The zero-order valence-electron chi connectivity index (χ0n) is 8.16. The lowest BCUT2D eigenvalue weighted by Crippen LogP contribution is -2.29. The lowest BCUT2D eigenvalue weighted by molar-refractivity contribution is 0.0957. The Balaban J connectivity index is 1.84. The van der Waals surface area contributed by atoms with Gasteiger partial charge in [0.1, 0.15) is 4.88 Å². The van der Waals surface area contributed by atoms with E-state index in [-0.39, 0.29) is 5.91 Å². The van der Waals surface area contributed by atoms with E-state index in [1.807, 2.05) is 23.2 Å². The Morgan fingerprint density at radius 2 is 2.53 bits per heavy atom. The molecule has 1 aliphatic heterocycles. The number of thiophene rings is 1. The normalized spacial score (nSPS) is 20.5. The summed E-state index contributed by atoms with van der Waals surface area (Å²) in [7, 11) is 0. The molecule has 2 nitrogen and oxygen atoms in total. The lowest BCUT2D eigenvalue weighted by atomic mass is 10.2. The van der Waals surface area contributed by atoms with Gasteiger partial charge in [-0.2, -0.15) is 11.8 Å². The molecular formula is C10H12BrNOS2. The molecule has 0 aromatic carbocycles. The predicted molar refractivity (Wildman–Crippen MR) is 69.8 cm³/mol. The Kier molecular flexibility index (Phi) is 4.11. The molecule has 1 fully saturated rings. The van der Waals surface area contributed by atoms with Gasteiger partial charge in [-0.25, -0.2) is 0 Å².